The maximum Gasteiger partial charge on any atom is 0.257 e. The van der Waals surface area contributed by atoms with Crippen molar-refractivity contribution in [3.05, 3.63) is 35.4 Å². The predicted molar refractivity (Wildman–Crippen MR) is 64.7 cm³/mol. The van der Waals surface area contributed by atoms with Crippen molar-refractivity contribution in [2.45, 2.75) is 5.33 Å². The maximum atomic E-state index is 11.7. The standard InChI is InChI=1S/C9H7BrN4OS/c10-5-6-1-3-7(4-2-6)8(15)11-9-12-13-14-16-9/h1-4H,5H2,(H,11,12,14,15). The van der Waals surface area contributed by atoms with E-state index in [9.17, 15) is 4.79 Å². The molecule has 0 saturated carbocycles. The van der Waals surface area contributed by atoms with Crippen molar-refractivity contribution in [2.24, 2.45) is 0 Å². The van der Waals surface area contributed by atoms with Gasteiger partial charge in [0, 0.05) is 22.4 Å². The van der Waals surface area contributed by atoms with Crippen LogP contribution < -0.4 is 5.32 Å². The molecule has 1 N–H and O–H groups in total. The highest BCUT2D eigenvalue weighted by molar-refractivity contribution is 9.08. The van der Waals surface area contributed by atoms with Crippen molar-refractivity contribution >= 4 is 38.5 Å². The van der Waals surface area contributed by atoms with Gasteiger partial charge in [-0.1, -0.05) is 37.6 Å². The van der Waals surface area contributed by atoms with Crippen LogP contribution in [0.5, 0.6) is 0 Å². The number of benzene rings is 1. The van der Waals surface area contributed by atoms with Gasteiger partial charge in [0.25, 0.3) is 5.91 Å². The van der Waals surface area contributed by atoms with Crippen LogP contribution in [0.4, 0.5) is 5.13 Å². The van der Waals surface area contributed by atoms with Gasteiger partial charge < -0.3 is 0 Å². The number of aromatic nitrogens is 3. The normalized spacial score (nSPS) is 10.1. The zero-order valence-electron chi connectivity index (χ0n) is 8.05. The van der Waals surface area contributed by atoms with Crippen molar-refractivity contribution in [2.75, 3.05) is 5.32 Å². The fraction of sp³-hybridized carbons (Fsp3) is 0.111. The Balaban J connectivity index is 2.09. The summed E-state index contributed by atoms with van der Waals surface area (Å²) in [5.41, 5.74) is 1.70. The summed E-state index contributed by atoms with van der Waals surface area (Å²) in [5.74, 6) is -0.209. The van der Waals surface area contributed by atoms with Gasteiger partial charge >= 0.3 is 0 Å². The van der Waals surface area contributed by atoms with Gasteiger partial charge in [0.1, 0.15) is 0 Å². The molecule has 0 unspecified atom stereocenters. The van der Waals surface area contributed by atoms with E-state index in [1.54, 1.807) is 12.1 Å². The molecule has 0 aliphatic heterocycles. The molecular formula is C9H7BrN4OS. The molecule has 0 fully saturated rings. The number of hydrogen-bond donors (Lipinski definition) is 1. The summed E-state index contributed by atoms with van der Waals surface area (Å²) < 4.78 is 3.56. The van der Waals surface area contributed by atoms with E-state index in [1.165, 1.54) is 0 Å². The molecule has 16 heavy (non-hydrogen) atoms. The minimum absolute atomic E-state index is 0.209. The molecule has 82 valence electrons. The molecule has 0 aliphatic carbocycles. The second kappa shape index (κ2) is 5.13. The van der Waals surface area contributed by atoms with Gasteiger partial charge in [0.2, 0.25) is 5.13 Å². The third kappa shape index (κ3) is 2.61. The molecule has 0 radical (unpaired) electrons. The zero-order valence-corrected chi connectivity index (χ0v) is 10.5. The predicted octanol–water partition coefficient (Wildman–Crippen LogP) is 2.08. The second-order valence-electron chi connectivity index (χ2n) is 2.95. The van der Waals surface area contributed by atoms with Crippen molar-refractivity contribution < 1.29 is 4.79 Å². The number of amides is 1. The lowest BCUT2D eigenvalue weighted by atomic mass is 10.1. The van der Waals surface area contributed by atoms with Crippen LogP contribution in [0.15, 0.2) is 24.3 Å². The van der Waals surface area contributed by atoms with Crippen molar-refractivity contribution in [3.63, 3.8) is 0 Å². The summed E-state index contributed by atoms with van der Waals surface area (Å²) in [5, 5.41) is 10.8. The lowest BCUT2D eigenvalue weighted by Crippen LogP contribution is -2.11. The van der Waals surface area contributed by atoms with Crippen LogP contribution in [-0.4, -0.2) is 20.7 Å². The molecule has 5 nitrogen and oxygen atoms in total. The fourth-order valence-electron chi connectivity index (χ4n) is 1.10. The van der Waals surface area contributed by atoms with Crippen LogP contribution in [-0.2, 0) is 5.33 Å². The largest absolute Gasteiger partial charge is 0.295 e. The Morgan fingerprint density at radius 2 is 2.12 bits per heavy atom. The molecule has 0 saturated heterocycles. The highest BCUT2D eigenvalue weighted by Gasteiger charge is 2.07. The number of hydrogen-bond acceptors (Lipinski definition) is 5. The van der Waals surface area contributed by atoms with Gasteiger partial charge in [-0.3, -0.25) is 10.1 Å². The van der Waals surface area contributed by atoms with Crippen LogP contribution in [0.1, 0.15) is 15.9 Å². The summed E-state index contributed by atoms with van der Waals surface area (Å²) in [6.45, 7) is 0. The van der Waals surface area contributed by atoms with E-state index in [0.717, 1.165) is 22.4 Å². The number of anilines is 1. The van der Waals surface area contributed by atoms with Crippen molar-refractivity contribution in [3.8, 4) is 0 Å². The van der Waals surface area contributed by atoms with Crippen molar-refractivity contribution in [1.82, 2.24) is 14.8 Å². The zero-order chi connectivity index (χ0) is 11.4. The number of alkyl halides is 1. The molecule has 0 atom stereocenters. The number of nitrogens with zero attached hydrogens (tertiary/aromatic N) is 3. The average Bonchev–Trinajstić information content (AvgIpc) is 2.82. The fourth-order valence-corrected chi connectivity index (χ4v) is 1.83. The topological polar surface area (TPSA) is 67.8 Å². The highest BCUT2D eigenvalue weighted by Crippen LogP contribution is 2.11. The summed E-state index contributed by atoms with van der Waals surface area (Å²) in [6, 6.07) is 7.31. The van der Waals surface area contributed by atoms with Crippen LogP contribution in [0, 0.1) is 0 Å². The Bertz CT molecular complexity index is 471. The van der Waals surface area contributed by atoms with Crippen LogP contribution in [0.25, 0.3) is 0 Å². The van der Waals surface area contributed by atoms with E-state index < -0.39 is 0 Å². The summed E-state index contributed by atoms with van der Waals surface area (Å²) in [7, 11) is 0. The molecule has 2 rings (SSSR count). The molecule has 1 amide bonds. The Morgan fingerprint density at radius 1 is 1.38 bits per heavy atom. The van der Waals surface area contributed by atoms with Gasteiger partial charge in [-0.25, -0.2) is 0 Å². The minimum Gasteiger partial charge on any atom is -0.295 e. The number of nitrogens with one attached hydrogen (secondary N) is 1. The lowest BCUT2D eigenvalue weighted by molar-refractivity contribution is 0.102. The van der Waals surface area contributed by atoms with E-state index in [0.29, 0.717) is 10.7 Å². The molecule has 0 bridgehead atoms. The van der Waals surface area contributed by atoms with E-state index >= 15 is 0 Å². The maximum absolute atomic E-state index is 11.7. The van der Waals surface area contributed by atoms with E-state index in [2.05, 4.69) is 36.0 Å². The second-order valence-corrected chi connectivity index (χ2v) is 4.25. The average molecular weight is 299 g/mol. The molecule has 1 aromatic heterocycles. The summed E-state index contributed by atoms with van der Waals surface area (Å²) >= 11 is 4.38. The lowest BCUT2D eigenvalue weighted by Gasteiger charge is -2.01. The van der Waals surface area contributed by atoms with Gasteiger partial charge in [0.15, 0.2) is 0 Å². The first-order valence-electron chi connectivity index (χ1n) is 4.41. The van der Waals surface area contributed by atoms with Gasteiger partial charge in [0.05, 0.1) is 0 Å². The molecule has 7 heteroatoms. The molecular weight excluding hydrogens is 292 g/mol. The van der Waals surface area contributed by atoms with E-state index in [-0.39, 0.29) is 5.91 Å². The molecule has 2 aromatic rings. The first kappa shape index (κ1) is 11.2. The molecule has 1 aromatic carbocycles. The third-order valence-electron chi connectivity index (χ3n) is 1.89. The van der Waals surface area contributed by atoms with Gasteiger partial charge in [-0.15, -0.1) is 0 Å². The summed E-state index contributed by atoms with van der Waals surface area (Å²) in [4.78, 5) is 11.7. The smallest absolute Gasteiger partial charge is 0.257 e. The quantitative estimate of drug-likeness (QED) is 0.881. The number of carbonyl (C=O) groups is 1. The van der Waals surface area contributed by atoms with Crippen LogP contribution in [0.2, 0.25) is 0 Å². The number of rotatable bonds is 3. The highest BCUT2D eigenvalue weighted by atomic mass is 79.9. The Hall–Kier alpha value is -1.34. The van der Waals surface area contributed by atoms with Gasteiger partial charge in [-0.2, -0.15) is 0 Å². The van der Waals surface area contributed by atoms with Gasteiger partial charge in [-0.05, 0) is 22.9 Å². The van der Waals surface area contributed by atoms with E-state index in [4.69, 9.17) is 0 Å². The first-order chi connectivity index (χ1) is 7.79. The summed E-state index contributed by atoms with van der Waals surface area (Å²) in [6.07, 6.45) is 0. The molecule has 1 heterocycles. The van der Waals surface area contributed by atoms with E-state index in [1.807, 2.05) is 12.1 Å². The Kier molecular flexibility index (Phi) is 3.58. The number of carbonyl (C=O) groups excluding carboxylic acids is 1. The third-order valence-corrected chi connectivity index (χ3v) is 3.05. The molecule has 0 aliphatic rings. The first-order valence-corrected chi connectivity index (χ1v) is 6.30. The Morgan fingerprint density at radius 3 is 2.69 bits per heavy atom. The monoisotopic (exact) mass is 298 g/mol. The minimum atomic E-state index is -0.209. The number of halogens is 1. The Labute approximate surface area is 104 Å². The van der Waals surface area contributed by atoms with Crippen molar-refractivity contribution in [1.29, 1.82) is 0 Å². The molecule has 0 spiro atoms. The van der Waals surface area contributed by atoms with Crippen LogP contribution >= 0.6 is 27.5 Å². The SMILES string of the molecule is O=C(Nc1nnns1)c1ccc(CBr)cc1. The van der Waals surface area contributed by atoms with Crippen LogP contribution in [0.3, 0.4) is 0 Å².